The summed E-state index contributed by atoms with van der Waals surface area (Å²) in [5.41, 5.74) is 1.75. The van der Waals surface area contributed by atoms with E-state index in [1.165, 1.54) is 0 Å². The van der Waals surface area contributed by atoms with Gasteiger partial charge in [-0.05, 0) is 26.0 Å². The Morgan fingerprint density at radius 3 is 3.11 bits per heavy atom. The Morgan fingerprint density at radius 2 is 2.37 bits per heavy atom. The number of carbonyl (C=O) groups excluding carboxylic acids is 1. The molecule has 5 heteroatoms. The Bertz CT molecular complexity index is 461. The van der Waals surface area contributed by atoms with Gasteiger partial charge >= 0.3 is 6.09 Å². The Kier molecular flexibility index (Phi) is 4.27. The number of ether oxygens (including phenoxy) is 2. The maximum absolute atomic E-state index is 11.5. The van der Waals surface area contributed by atoms with Crippen LogP contribution in [0.2, 0.25) is 0 Å². The number of aryl methyl sites for hydroxylation is 1. The predicted molar refractivity (Wildman–Crippen MR) is 70.2 cm³/mol. The summed E-state index contributed by atoms with van der Waals surface area (Å²) in [6.45, 7) is 4.45. The lowest BCUT2D eigenvalue weighted by atomic mass is 9.99. The smallest absolute Gasteiger partial charge is 0.407 e. The Morgan fingerprint density at radius 1 is 1.58 bits per heavy atom. The van der Waals surface area contributed by atoms with Crippen LogP contribution in [0.15, 0.2) is 18.2 Å². The van der Waals surface area contributed by atoms with E-state index in [-0.39, 0.29) is 0 Å². The standard InChI is InChI=1S/C14H19NO4/c1-3-18-14(17)15-11-6-7-19-12-5-4-9(2)8-10(12)13(11)16/h4-5,8,11,13,16H,3,6-7H2,1-2H3,(H,15,17). The lowest BCUT2D eigenvalue weighted by Crippen LogP contribution is -2.39. The maximum atomic E-state index is 11.5. The number of nitrogens with one attached hydrogen (secondary N) is 1. The van der Waals surface area contributed by atoms with Crippen molar-refractivity contribution in [2.75, 3.05) is 13.2 Å². The quantitative estimate of drug-likeness (QED) is 0.857. The number of amides is 1. The second-order valence-electron chi connectivity index (χ2n) is 4.59. The fraction of sp³-hybridized carbons (Fsp3) is 0.500. The summed E-state index contributed by atoms with van der Waals surface area (Å²) >= 11 is 0. The van der Waals surface area contributed by atoms with Crippen LogP contribution in [0, 0.1) is 6.92 Å². The van der Waals surface area contributed by atoms with Gasteiger partial charge in [0.25, 0.3) is 0 Å². The van der Waals surface area contributed by atoms with Crippen LogP contribution in [0.1, 0.15) is 30.6 Å². The molecule has 0 fully saturated rings. The van der Waals surface area contributed by atoms with Gasteiger partial charge in [-0.3, -0.25) is 0 Å². The van der Waals surface area contributed by atoms with E-state index in [1.54, 1.807) is 6.92 Å². The SMILES string of the molecule is CCOC(=O)NC1CCOc2ccc(C)cc2C1O. The van der Waals surface area contributed by atoms with Gasteiger partial charge in [-0.1, -0.05) is 11.6 Å². The summed E-state index contributed by atoms with van der Waals surface area (Å²) in [4.78, 5) is 11.5. The minimum absolute atomic E-state index is 0.306. The summed E-state index contributed by atoms with van der Waals surface area (Å²) in [7, 11) is 0. The van der Waals surface area contributed by atoms with Crippen LogP contribution < -0.4 is 10.1 Å². The largest absolute Gasteiger partial charge is 0.493 e. The van der Waals surface area contributed by atoms with Crippen LogP contribution in [-0.2, 0) is 4.74 Å². The second kappa shape index (κ2) is 5.93. The third-order valence-electron chi connectivity index (χ3n) is 3.13. The number of carbonyl (C=O) groups is 1. The van der Waals surface area contributed by atoms with Crippen molar-refractivity contribution < 1.29 is 19.4 Å². The Hall–Kier alpha value is -1.75. The van der Waals surface area contributed by atoms with E-state index in [4.69, 9.17) is 9.47 Å². The number of aliphatic hydroxyl groups is 1. The minimum atomic E-state index is -0.790. The van der Waals surface area contributed by atoms with Crippen molar-refractivity contribution in [1.29, 1.82) is 0 Å². The fourth-order valence-corrected chi connectivity index (χ4v) is 2.18. The molecule has 1 aromatic rings. The predicted octanol–water partition coefficient (Wildman–Crippen LogP) is 1.93. The van der Waals surface area contributed by atoms with Gasteiger partial charge in [0.15, 0.2) is 0 Å². The summed E-state index contributed by atoms with van der Waals surface area (Å²) in [5.74, 6) is 0.672. The van der Waals surface area contributed by atoms with E-state index in [1.807, 2.05) is 25.1 Å². The van der Waals surface area contributed by atoms with Gasteiger partial charge in [0, 0.05) is 12.0 Å². The molecule has 2 rings (SSSR count). The van der Waals surface area contributed by atoms with Gasteiger partial charge in [0.2, 0.25) is 0 Å². The highest BCUT2D eigenvalue weighted by Gasteiger charge is 2.28. The molecule has 19 heavy (non-hydrogen) atoms. The minimum Gasteiger partial charge on any atom is -0.493 e. The summed E-state index contributed by atoms with van der Waals surface area (Å²) < 4.78 is 10.4. The molecule has 0 saturated heterocycles. The molecule has 2 unspecified atom stereocenters. The maximum Gasteiger partial charge on any atom is 0.407 e. The van der Waals surface area contributed by atoms with Crippen molar-refractivity contribution in [3.05, 3.63) is 29.3 Å². The molecule has 1 aliphatic heterocycles. The van der Waals surface area contributed by atoms with Gasteiger partial charge in [-0.2, -0.15) is 0 Å². The van der Waals surface area contributed by atoms with E-state index in [2.05, 4.69) is 5.32 Å². The first-order valence-electron chi connectivity index (χ1n) is 6.46. The zero-order chi connectivity index (χ0) is 13.8. The first-order valence-corrected chi connectivity index (χ1v) is 6.46. The highest BCUT2D eigenvalue weighted by Crippen LogP contribution is 2.32. The normalized spacial score (nSPS) is 21.8. The van der Waals surface area contributed by atoms with Gasteiger partial charge < -0.3 is 19.9 Å². The number of aliphatic hydroxyl groups excluding tert-OH is 1. The van der Waals surface area contributed by atoms with E-state index in [9.17, 15) is 9.90 Å². The zero-order valence-corrected chi connectivity index (χ0v) is 11.2. The van der Waals surface area contributed by atoms with Crippen LogP contribution in [-0.4, -0.2) is 30.5 Å². The summed E-state index contributed by atoms with van der Waals surface area (Å²) in [6.07, 6.45) is -0.766. The van der Waals surface area contributed by atoms with Crippen molar-refractivity contribution in [2.45, 2.75) is 32.4 Å². The lowest BCUT2D eigenvalue weighted by molar-refractivity contribution is 0.105. The second-order valence-corrected chi connectivity index (χ2v) is 4.59. The van der Waals surface area contributed by atoms with E-state index in [0.717, 1.165) is 5.56 Å². The van der Waals surface area contributed by atoms with Crippen molar-refractivity contribution in [3.8, 4) is 5.75 Å². The van der Waals surface area contributed by atoms with Crippen LogP contribution in [0.3, 0.4) is 0 Å². The van der Waals surface area contributed by atoms with Crippen molar-refractivity contribution in [1.82, 2.24) is 5.32 Å². The van der Waals surface area contributed by atoms with Crippen LogP contribution >= 0.6 is 0 Å². The van der Waals surface area contributed by atoms with Crippen molar-refractivity contribution in [2.24, 2.45) is 0 Å². The molecule has 5 nitrogen and oxygen atoms in total. The van der Waals surface area contributed by atoms with E-state index in [0.29, 0.717) is 30.9 Å². The third kappa shape index (κ3) is 3.17. The molecular weight excluding hydrogens is 246 g/mol. The van der Waals surface area contributed by atoms with Gasteiger partial charge in [0.1, 0.15) is 11.9 Å². The summed E-state index contributed by atoms with van der Waals surface area (Å²) in [6, 6.07) is 5.26. The number of benzene rings is 1. The molecule has 2 atom stereocenters. The molecule has 0 aromatic heterocycles. The van der Waals surface area contributed by atoms with Crippen molar-refractivity contribution >= 4 is 6.09 Å². The van der Waals surface area contributed by atoms with Crippen LogP contribution in [0.25, 0.3) is 0 Å². The zero-order valence-electron chi connectivity index (χ0n) is 11.2. The van der Waals surface area contributed by atoms with Gasteiger partial charge in [-0.25, -0.2) is 4.79 Å². The highest BCUT2D eigenvalue weighted by atomic mass is 16.5. The molecule has 1 amide bonds. The molecule has 1 aliphatic rings. The number of hydrogen-bond acceptors (Lipinski definition) is 4. The molecule has 0 spiro atoms. The van der Waals surface area contributed by atoms with Crippen LogP contribution in [0.5, 0.6) is 5.75 Å². The topological polar surface area (TPSA) is 67.8 Å². The average Bonchev–Trinajstić information content (AvgIpc) is 2.51. The van der Waals surface area contributed by atoms with Crippen molar-refractivity contribution in [3.63, 3.8) is 0 Å². The number of hydrogen-bond donors (Lipinski definition) is 2. The lowest BCUT2D eigenvalue weighted by Gasteiger charge is -2.21. The first kappa shape index (κ1) is 13.7. The summed E-state index contributed by atoms with van der Waals surface area (Å²) in [5, 5.41) is 13.1. The molecule has 0 bridgehead atoms. The molecular formula is C14H19NO4. The number of fused-ring (bicyclic) bond motifs is 1. The molecule has 1 aromatic carbocycles. The molecule has 104 valence electrons. The van der Waals surface area contributed by atoms with E-state index < -0.39 is 18.2 Å². The Balaban J connectivity index is 2.18. The van der Waals surface area contributed by atoms with Gasteiger partial charge in [-0.15, -0.1) is 0 Å². The van der Waals surface area contributed by atoms with E-state index >= 15 is 0 Å². The molecule has 0 radical (unpaired) electrons. The number of alkyl carbamates (subject to hydrolysis) is 1. The fourth-order valence-electron chi connectivity index (χ4n) is 2.18. The van der Waals surface area contributed by atoms with Crippen LogP contribution in [0.4, 0.5) is 4.79 Å². The molecule has 0 aliphatic carbocycles. The third-order valence-corrected chi connectivity index (χ3v) is 3.13. The average molecular weight is 265 g/mol. The first-order chi connectivity index (χ1) is 9.11. The number of rotatable bonds is 2. The molecule has 0 saturated carbocycles. The molecule has 1 heterocycles. The highest BCUT2D eigenvalue weighted by molar-refractivity contribution is 5.67. The monoisotopic (exact) mass is 265 g/mol. The van der Waals surface area contributed by atoms with Gasteiger partial charge in [0.05, 0.1) is 19.3 Å². The molecule has 2 N–H and O–H groups in total. The Labute approximate surface area is 112 Å².